The minimum Gasteiger partial charge on any atom is -0.336 e. The average Bonchev–Trinajstić information content (AvgIpc) is 3.04. The number of hydrogen-bond acceptors (Lipinski definition) is 3. The van der Waals surface area contributed by atoms with Crippen molar-refractivity contribution in [2.24, 2.45) is 0 Å². The number of carbonyl (C=O) groups is 2. The topological polar surface area (TPSA) is 40.6 Å². The molecule has 0 N–H and O–H groups in total. The molecule has 0 bridgehead atoms. The SMILES string of the molecule is O=C(/C=C/c1ccc(Br)s1)N1CCN(C(=O)c2ccc(F)cc2Cl)CC1. The maximum atomic E-state index is 13.1. The molecule has 1 aliphatic heterocycles. The van der Waals surface area contributed by atoms with Crippen LogP contribution in [0.1, 0.15) is 15.2 Å². The van der Waals surface area contributed by atoms with Crippen molar-refractivity contribution >= 4 is 56.8 Å². The molecule has 0 radical (unpaired) electrons. The molecule has 0 unspecified atom stereocenters. The fraction of sp³-hybridized carbons (Fsp3) is 0.222. The maximum absolute atomic E-state index is 13.1. The van der Waals surface area contributed by atoms with Crippen molar-refractivity contribution < 1.29 is 14.0 Å². The van der Waals surface area contributed by atoms with Crippen LogP contribution in [-0.4, -0.2) is 47.8 Å². The van der Waals surface area contributed by atoms with E-state index in [0.29, 0.717) is 26.2 Å². The number of hydrogen-bond donors (Lipinski definition) is 0. The van der Waals surface area contributed by atoms with E-state index < -0.39 is 5.82 Å². The second-order valence-electron chi connectivity index (χ2n) is 5.72. The highest BCUT2D eigenvalue weighted by molar-refractivity contribution is 9.11. The zero-order valence-electron chi connectivity index (χ0n) is 13.6. The summed E-state index contributed by atoms with van der Waals surface area (Å²) in [6.45, 7) is 1.72. The molecule has 0 saturated carbocycles. The van der Waals surface area contributed by atoms with Crippen LogP contribution >= 0.6 is 38.9 Å². The first-order chi connectivity index (χ1) is 12.4. The molecule has 1 fully saturated rings. The minimum atomic E-state index is -0.480. The highest BCUT2D eigenvalue weighted by Gasteiger charge is 2.25. The van der Waals surface area contributed by atoms with E-state index in [1.807, 2.05) is 12.1 Å². The highest BCUT2D eigenvalue weighted by atomic mass is 79.9. The largest absolute Gasteiger partial charge is 0.336 e. The summed E-state index contributed by atoms with van der Waals surface area (Å²) >= 11 is 10.9. The van der Waals surface area contributed by atoms with Crippen molar-refractivity contribution in [1.82, 2.24) is 9.80 Å². The highest BCUT2D eigenvalue weighted by Crippen LogP contribution is 2.23. The van der Waals surface area contributed by atoms with Crippen molar-refractivity contribution in [2.45, 2.75) is 0 Å². The van der Waals surface area contributed by atoms with Crippen LogP contribution in [0.2, 0.25) is 5.02 Å². The summed E-state index contributed by atoms with van der Waals surface area (Å²) in [6.07, 6.45) is 3.33. The molecule has 1 aliphatic rings. The monoisotopic (exact) mass is 456 g/mol. The zero-order chi connectivity index (χ0) is 18.7. The summed E-state index contributed by atoms with van der Waals surface area (Å²) in [6, 6.07) is 7.59. The third-order valence-electron chi connectivity index (χ3n) is 4.02. The predicted octanol–water partition coefficient (Wildman–Crippen LogP) is 4.30. The molecule has 3 rings (SSSR count). The average molecular weight is 458 g/mol. The molecular formula is C18H15BrClFN2O2S. The first-order valence-corrected chi connectivity index (χ1v) is 9.89. The second-order valence-corrected chi connectivity index (χ2v) is 8.62. The van der Waals surface area contributed by atoms with Crippen LogP contribution < -0.4 is 0 Å². The molecule has 1 aromatic carbocycles. The van der Waals surface area contributed by atoms with E-state index in [1.165, 1.54) is 12.1 Å². The maximum Gasteiger partial charge on any atom is 0.255 e. The second kappa shape index (κ2) is 8.33. The molecule has 1 aromatic heterocycles. The van der Waals surface area contributed by atoms with E-state index in [4.69, 9.17) is 11.6 Å². The molecule has 0 aliphatic carbocycles. The Labute approximate surface area is 168 Å². The number of benzene rings is 1. The summed E-state index contributed by atoms with van der Waals surface area (Å²) < 4.78 is 14.1. The zero-order valence-corrected chi connectivity index (χ0v) is 16.8. The van der Waals surface area contributed by atoms with Crippen molar-refractivity contribution in [3.05, 3.63) is 61.5 Å². The Balaban J connectivity index is 1.57. The molecule has 2 amide bonds. The van der Waals surface area contributed by atoms with Gasteiger partial charge in [-0.2, -0.15) is 0 Å². The summed E-state index contributed by atoms with van der Waals surface area (Å²) in [5.74, 6) is -0.811. The fourth-order valence-electron chi connectivity index (χ4n) is 2.64. The number of rotatable bonds is 3. The van der Waals surface area contributed by atoms with Crippen LogP contribution in [0.4, 0.5) is 4.39 Å². The van der Waals surface area contributed by atoms with E-state index >= 15 is 0 Å². The lowest BCUT2D eigenvalue weighted by molar-refractivity contribution is -0.127. The van der Waals surface area contributed by atoms with Gasteiger partial charge in [0.15, 0.2) is 0 Å². The smallest absolute Gasteiger partial charge is 0.255 e. The number of nitrogens with zero attached hydrogens (tertiary/aromatic N) is 2. The quantitative estimate of drug-likeness (QED) is 0.645. The van der Waals surface area contributed by atoms with E-state index in [-0.39, 0.29) is 22.4 Å². The van der Waals surface area contributed by atoms with Crippen LogP contribution in [0.5, 0.6) is 0 Å². The molecule has 2 aromatic rings. The van der Waals surface area contributed by atoms with Gasteiger partial charge in [0.25, 0.3) is 5.91 Å². The lowest BCUT2D eigenvalue weighted by Gasteiger charge is -2.34. The lowest BCUT2D eigenvalue weighted by atomic mass is 10.1. The third-order valence-corrected chi connectivity index (χ3v) is 5.93. The van der Waals surface area contributed by atoms with E-state index in [1.54, 1.807) is 33.3 Å². The molecule has 2 heterocycles. The van der Waals surface area contributed by atoms with Gasteiger partial charge >= 0.3 is 0 Å². The molecule has 0 spiro atoms. The third kappa shape index (κ3) is 4.52. The normalized spacial score (nSPS) is 14.9. The van der Waals surface area contributed by atoms with Gasteiger partial charge in [-0.1, -0.05) is 11.6 Å². The van der Waals surface area contributed by atoms with Gasteiger partial charge in [0.2, 0.25) is 5.91 Å². The number of thiophene rings is 1. The van der Waals surface area contributed by atoms with Gasteiger partial charge in [0, 0.05) is 37.1 Å². The van der Waals surface area contributed by atoms with Crippen LogP contribution in [0, 0.1) is 5.82 Å². The molecule has 136 valence electrons. The number of halogens is 3. The Morgan fingerprint density at radius 1 is 1.12 bits per heavy atom. The Kier molecular flexibility index (Phi) is 6.11. The van der Waals surface area contributed by atoms with E-state index in [9.17, 15) is 14.0 Å². The number of carbonyl (C=O) groups excluding carboxylic acids is 2. The molecule has 4 nitrogen and oxygen atoms in total. The number of piperazine rings is 1. The summed E-state index contributed by atoms with van der Waals surface area (Å²) in [5, 5.41) is 0.0959. The predicted molar refractivity (Wildman–Crippen MR) is 105 cm³/mol. The Hall–Kier alpha value is -1.70. The standard InChI is InChI=1S/C18H15BrClFN2O2S/c19-16-5-2-13(26-16)3-6-17(24)22-7-9-23(10-8-22)18(25)14-4-1-12(21)11-15(14)20/h1-6,11H,7-10H2/b6-3+. The van der Waals surface area contributed by atoms with Crippen molar-refractivity contribution in [1.29, 1.82) is 0 Å². The van der Waals surface area contributed by atoms with Gasteiger partial charge in [-0.3, -0.25) is 9.59 Å². The lowest BCUT2D eigenvalue weighted by Crippen LogP contribution is -2.50. The van der Waals surface area contributed by atoms with Crippen LogP contribution in [-0.2, 0) is 4.79 Å². The fourth-order valence-corrected chi connectivity index (χ4v) is 4.21. The first-order valence-electron chi connectivity index (χ1n) is 7.90. The van der Waals surface area contributed by atoms with Gasteiger partial charge in [-0.05, 0) is 52.3 Å². The Morgan fingerprint density at radius 3 is 2.42 bits per heavy atom. The van der Waals surface area contributed by atoms with Crippen molar-refractivity contribution in [3.63, 3.8) is 0 Å². The van der Waals surface area contributed by atoms with Crippen molar-refractivity contribution in [3.8, 4) is 0 Å². The molecule has 0 atom stereocenters. The van der Waals surface area contributed by atoms with Crippen LogP contribution in [0.3, 0.4) is 0 Å². The number of amides is 2. The summed E-state index contributed by atoms with van der Waals surface area (Å²) in [7, 11) is 0. The Morgan fingerprint density at radius 2 is 1.81 bits per heavy atom. The van der Waals surface area contributed by atoms with Gasteiger partial charge in [0.1, 0.15) is 5.82 Å². The molecule has 1 saturated heterocycles. The molecule has 26 heavy (non-hydrogen) atoms. The van der Waals surface area contributed by atoms with Crippen LogP contribution in [0.25, 0.3) is 6.08 Å². The van der Waals surface area contributed by atoms with Gasteiger partial charge in [-0.25, -0.2) is 4.39 Å². The van der Waals surface area contributed by atoms with E-state index in [0.717, 1.165) is 14.7 Å². The van der Waals surface area contributed by atoms with Gasteiger partial charge in [0.05, 0.1) is 14.4 Å². The summed E-state index contributed by atoms with van der Waals surface area (Å²) in [4.78, 5) is 29.1. The van der Waals surface area contributed by atoms with Crippen molar-refractivity contribution in [2.75, 3.05) is 26.2 Å². The Bertz CT molecular complexity index is 863. The van der Waals surface area contributed by atoms with Crippen LogP contribution in [0.15, 0.2) is 40.2 Å². The first kappa shape index (κ1) is 19.1. The molecule has 8 heteroatoms. The molecular weight excluding hydrogens is 443 g/mol. The summed E-state index contributed by atoms with van der Waals surface area (Å²) in [5.41, 5.74) is 0.274. The van der Waals surface area contributed by atoms with Gasteiger partial charge < -0.3 is 9.80 Å². The van der Waals surface area contributed by atoms with Gasteiger partial charge in [-0.15, -0.1) is 11.3 Å². The van der Waals surface area contributed by atoms with E-state index in [2.05, 4.69) is 15.9 Å². The minimum absolute atomic E-state index is 0.0820.